The summed E-state index contributed by atoms with van der Waals surface area (Å²) in [6, 6.07) is 11.6. The molecule has 8 nitrogen and oxygen atoms in total. The van der Waals surface area contributed by atoms with E-state index in [4.69, 9.17) is 18.9 Å². The number of amides is 1. The van der Waals surface area contributed by atoms with Gasteiger partial charge in [0, 0.05) is 11.4 Å². The van der Waals surface area contributed by atoms with Crippen LogP contribution in [0.5, 0.6) is 11.5 Å². The van der Waals surface area contributed by atoms with Gasteiger partial charge in [0.1, 0.15) is 0 Å². The zero-order valence-corrected chi connectivity index (χ0v) is 17.1. The number of carbonyl (C=O) groups excluding carboxylic acids is 3. The number of hydrogen-bond donors (Lipinski definition) is 0. The first-order valence-corrected chi connectivity index (χ1v) is 9.38. The number of benzene rings is 2. The number of anilines is 1. The molecular formula is C23H19NO7. The summed E-state index contributed by atoms with van der Waals surface area (Å²) in [6.45, 7) is 1.80. The van der Waals surface area contributed by atoms with E-state index in [0.29, 0.717) is 34.0 Å². The fourth-order valence-corrected chi connectivity index (χ4v) is 3.52. The lowest BCUT2D eigenvalue weighted by Gasteiger charge is -2.18. The lowest BCUT2D eigenvalue weighted by atomic mass is 10.0. The molecule has 1 amide bonds. The molecule has 0 bridgehead atoms. The van der Waals surface area contributed by atoms with Gasteiger partial charge in [-0.25, -0.2) is 9.59 Å². The highest BCUT2D eigenvalue weighted by Gasteiger charge is 2.38. The van der Waals surface area contributed by atoms with Gasteiger partial charge in [-0.2, -0.15) is 0 Å². The van der Waals surface area contributed by atoms with Gasteiger partial charge in [-0.15, -0.1) is 0 Å². The number of hydrogen-bond acceptors (Lipinski definition) is 7. The fraction of sp³-hybridized carbons (Fsp3) is 0.174. The third kappa shape index (κ3) is 3.52. The number of rotatable bonds is 4. The number of nitrogens with zero attached hydrogens (tertiary/aromatic N) is 1. The number of esters is 2. The van der Waals surface area contributed by atoms with E-state index in [1.807, 2.05) is 0 Å². The Morgan fingerprint density at radius 2 is 1.65 bits per heavy atom. The highest BCUT2D eigenvalue weighted by atomic mass is 16.7. The van der Waals surface area contributed by atoms with E-state index in [1.54, 1.807) is 55.5 Å². The van der Waals surface area contributed by atoms with Crippen molar-refractivity contribution < 1.29 is 33.3 Å². The van der Waals surface area contributed by atoms with Gasteiger partial charge in [-0.1, -0.05) is 6.07 Å². The molecule has 0 saturated carbocycles. The number of methoxy groups -OCH3 is 2. The molecule has 2 heterocycles. The summed E-state index contributed by atoms with van der Waals surface area (Å²) in [7, 11) is 2.56. The summed E-state index contributed by atoms with van der Waals surface area (Å²) in [5.74, 6) is -0.305. The lowest BCUT2D eigenvalue weighted by Crippen LogP contribution is -2.24. The first-order chi connectivity index (χ1) is 14.9. The van der Waals surface area contributed by atoms with E-state index in [-0.39, 0.29) is 23.8 Å². The standard InChI is InChI=1S/C23H19NO7/c1-13-20(23(27)29-3)17(10-14-4-9-18-19(11-14)31-12-30-18)21(25)24(13)16-7-5-15(6-8-16)22(26)28-2/h4-11H,12H2,1-3H3/b17-10-. The van der Waals surface area contributed by atoms with Crippen molar-refractivity contribution in [2.24, 2.45) is 0 Å². The third-order valence-corrected chi connectivity index (χ3v) is 5.04. The van der Waals surface area contributed by atoms with Crippen molar-refractivity contribution in [1.29, 1.82) is 0 Å². The highest BCUT2D eigenvalue weighted by Crippen LogP contribution is 2.37. The van der Waals surface area contributed by atoms with Gasteiger partial charge < -0.3 is 18.9 Å². The molecule has 0 atom stereocenters. The van der Waals surface area contributed by atoms with E-state index in [1.165, 1.54) is 19.1 Å². The predicted molar refractivity (Wildman–Crippen MR) is 111 cm³/mol. The average molecular weight is 421 g/mol. The molecule has 31 heavy (non-hydrogen) atoms. The summed E-state index contributed by atoms with van der Waals surface area (Å²) in [5, 5.41) is 0. The molecule has 8 heteroatoms. The third-order valence-electron chi connectivity index (χ3n) is 5.04. The van der Waals surface area contributed by atoms with Crippen LogP contribution in [0.2, 0.25) is 0 Å². The second kappa shape index (κ2) is 7.98. The Morgan fingerprint density at radius 3 is 2.32 bits per heavy atom. The largest absolute Gasteiger partial charge is 0.465 e. The Bertz CT molecular complexity index is 1150. The van der Waals surface area contributed by atoms with Crippen molar-refractivity contribution in [3.8, 4) is 11.5 Å². The molecule has 4 rings (SSSR count). The number of allylic oxidation sites excluding steroid dienone is 1. The summed E-state index contributed by atoms with van der Waals surface area (Å²) in [4.78, 5) is 38.9. The summed E-state index contributed by atoms with van der Waals surface area (Å²) < 4.78 is 20.3. The van der Waals surface area contributed by atoms with E-state index in [9.17, 15) is 14.4 Å². The smallest absolute Gasteiger partial charge is 0.340 e. The van der Waals surface area contributed by atoms with Gasteiger partial charge in [0.2, 0.25) is 6.79 Å². The highest BCUT2D eigenvalue weighted by molar-refractivity contribution is 6.23. The van der Waals surface area contributed by atoms with Crippen LogP contribution in [0.3, 0.4) is 0 Å². The maximum Gasteiger partial charge on any atom is 0.340 e. The minimum absolute atomic E-state index is 0.135. The van der Waals surface area contributed by atoms with Crippen molar-refractivity contribution in [2.45, 2.75) is 6.92 Å². The molecule has 0 fully saturated rings. The molecule has 0 N–H and O–H groups in total. The molecule has 0 aromatic heterocycles. The monoisotopic (exact) mass is 421 g/mol. The van der Waals surface area contributed by atoms with Crippen LogP contribution in [-0.4, -0.2) is 38.9 Å². The molecule has 0 aliphatic carbocycles. The maximum absolute atomic E-state index is 13.3. The molecular weight excluding hydrogens is 402 g/mol. The van der Waals surface area contributed by atoms with Crippen molar-refractivity contribution in [1.82, 2.24) is 0 Å². The first-order valence-electron chi connectivity index (χ1n) is 9.38. The Labute approximate surface area is 178 Å². The molecule has 0 spiro atoms. The van der Waals surface area contributed by atoms with Crippen LogP contribution in [-0.2, 0) is 19.1 Å². The van der Waals surface area contributed by atoms with E-state index in [0.717, 1.165) is 0 Å². The lowest BCUT2D eigenvalue weighted by molar-refractivity contribution is -0.136. The van der Waals surface area contributed by atoms with Crippen LogP contribution >= 0.6 is 0 Å². The van der Waals surface area contributed by atoms with Gasteiger partial charge in [-0.3, -0.25) is 9.69 Å². The Hall–Kier alpha value is -4.07. The van der Waals surface area contributed by atoms with E-state index < -0.39 is 11.9 Å². The normalized spacial score (nSPS) is 16.2. The van der Waals surface area contributed by atoms with Gasteiger partial charge in [-0.05, 0) is 55.0 Å². The van der Waals surface area contributed by atoms with Gasteiger partial charge in [0.25, 0.3) is 5.91 Å². The quantitative estimate of drug-likeness (QED) is 0.553. The van der Waals surface area contributed by atoms with Gasteiger partial charge in [0.15, 0.2) is 11.5 Å². The Kier molecular flexibility index (Phi) is 5.21. The molecule has 0 unspecified atom stereocenters. The summed E-state index contributed by atoms with van der Waals surface area (Å²) >= 11 is 0. The average Bonchev–Trinajstić information content (AvgIpc) is 3.35. The number of ether oxygens (including phenoxy) is 4. The molecule has 2 aliphatic heterocycles. The molecule has 0 saturated heterocycles. The molecule has 2 aromatic carbocycles. The zero-order chi connectivity index (χ0) is 22.1. The van der Waals surface area contributed by atoms with Crippen molar-refractivity contribution in [3.05, 3.63) is 70.4 Å². The van der Waals surface area contributed by atoms with Crippen LogP contribution in [0.4, 0.5) is 5.69 Å². The minimum Gasteiger partial charge on any atom is -0.465 e. The second-order valence-corrected chi connectivity index (χ2v) is 6.80. The molecule has 2 aliphatic rings. The summed E-state index contributed by atoms with van der Waals surface area (Å²) in [6.07, 6.45) is 1.61. The Balaban J connectivity index is 1.75. The van der Waals surface area contributed by atoms with Crippen molar-refractivity contribution in [3.63, 3.8) is 0 Å². The topological polar surface area (TPSA) is 91.4 Å². The first kappa shape index (κ1) is 20.2. The fourth-order valence-electron chi connectivity index (χ4n) is 3.52. The SMILES string of the molecule is COC(=O)C1=C(C)N(c2ccc(C(=O)OC)cc2)C(=O)/C1=C\c1ccc2c(c1)OCO2. The van der Waals surface area contributed by atoms with Gasteiger partial charge >= 0.3 is 11.9 Å². The summed E-state index contributed by atoms with van der Waals surface area (Å²) in [5.41, 5.74) is 2.32. The Morgan fingerprint density at radius 1 is 0.968 bits per heavy atom. The van der Waals surface area contributed by atoms with Crippen LogP contribution in [0.15, 0.2) is 59.3 Å². The van der Waals surface area contributed by atoms with Crippen molar-refractivity contribution >= 4 is 29.6 Å². The zero-order valence-electron chi connectivity index (χ0n) is 17.1. The number of fused-ring (bicyclic) bond motifs is 1. The van der Waals surface area contributed by atoms with E-state index >= 15 is 0 Å². The molecule has 158 valence electrons. The maximum atomic E-state index is 13.3. The molecule has 0 radical (unpaired) electrons. The van der Waals surface area contributed by atoms with Gasteiger partial charge in [0.05, 0.1) is 30.9 Å². The van der Waals surface area contributed by atoms with Crippen LogP contribution < -0.4 is 14.4 Å². The predicted octanol–water partition coefficient (Wildman–Crippen LogP) is 3.08. The van der Waals surface area contributed by atoms with Crippen molar-refractivity contribution in [2.75, 3.05) is 25.9 Å². The minimum atomic E-state index is -0.619. The number of carbonyl (C=O) groups is 3. The van der Waals surface area contributed by atoms with Crippen LogP contribution in [0, 0.1) is 0 Å². The second-order valence-electron chi connectivity index (χ2n) is 6.80. The van der Waals surface area contributed by atoms with Crippen LogP contribution in [0.1, 0.15) is 22.8 Å². The van der Waals surface area contributed by atoms with Crippen LogP contribution in [0.25, 0.3) is 6.08 Å². The molecule has 2 aromatic rings. The van der Waals surface area contributed by atoms with E-state index in [2.05, 4.69) is 0 Å².